The zero-order valence-electron chi connectivity index (χ0n) is 73.0. The van der Waals surface area contributed by atoms with Crippen molar-refractivity contribution in [2.24, 2.45) is 35.5 Å². The van der Waals surface area contributed by atoms with E-state index in [0.29, 0.717) is 83.3 Å². The molecular weight excluding hydrogens is 1530 g/mol. The Morgan fingerprint density at radius 1 is 0.517 bits per heavy atom. The van der Waals surface area contributed by atoms with E-state index in [4.69, 9.17) is 47.4 Å². The molecule has 1 aromatic carbocycles. The summed E-state index contributed by atoms with van der Waals surface area (Å²) in [5.41, 5.74) is 4.23. The number of rotatable bonds is 56. The van der Waals surface area contributed by atoms with Crippen LogP contribution in [0.5, 0.6) is 11.5 Å². The van der Waals surface area contributed by atoms with E-state index in [-0.39, 0.29) is 122 Å². The number of aliphatic hydroxyl groups excluding tert-OH is 9. The molecule has 0 aliphatic carbocycles. The second kappa shape index (κ2) is 61.3. The highest BCUT2D eigenvalue weighted by molar-refractivity contribution is 5.88. The molecule has 4 aliphatic heterocycles. The van der Waals surface area contributed by atoms with Gasteiger partial charge in [0.05, 0.1) is 65.1 Å². The lowest BCUT2D eigenvalue weighted by atomic mass is 9.84. The maximum atomic E-state index is 14.5. The Kier molecular flexibility index (Phi) is 56.6. The van der Waals surface area contributed by atoms with Crippen molar-refractivity contribution in [3.63, 3.8) is 0 Å². The van der Waals surface area contributed by atoms with Crippen LogP contribution >= 0.6 is 0 Å². The number of methoxy groups -OCH3 is 1. The summed E-state index contributed by atoms with van der Waals surface area (Å²) in [7, 11) is 1.31. The number of benzene rings is 1. The van der Waals surface area contributed by atoms with Gasteiger partial charge in [0.2, 0.25) is 29.5 Å². The molecule has 0 spiro atoms. The van der Waals surface area contributed by atoms with Crippen LogP contribution in [0.15, 0.2) is 0 Å². The number of hydrogen-bond acceptors (Lipinski definition) is 26. The minimum absolute atomic E-state index is 0. The van der Waals surface area contributed by atoms with Gasteiger partial charge in [-0.1, -0.05) is 114 Å². The number of aliphatic hydroxyl groups is 9. The van der Waals surface area contributed by atoms with Gasteiger partial charge in [0.15, 0.2) is 18.9 Å². The first-order chi connectivity index (χ1) is 55.8. The number of carbonyl (C=O) groups is 6. The SMILES string of the molecule is C.CCCCOCCOCCC(=O)NC(CCCCNC(=O)CCCCOC1OC(CO)C(O)C(O)C1C)C(=O)N(CCNC(=O)CCCCOC1OC(CO)C(O)C(O)C1C)CCNC(=O)CCCCOC1OC(CO)C(O)C(O)C1C.COC=O.Cc1c(C)c2c(c(C)c1O)CC[C@@](C)(CCC[C@H](C)CCC[C@H](C)CCCC(C)C)O2. The van der Waals surface area contributed by atoms with Gasteiger partial charge < -0.3 is 125 Å². The fourth-order valence-electron chi connectivity index (χ4n) is 14.7. The number of phenolic OH excluding ortho intramolecular Hbond substituents is 1. The number of nitrogens with zero attached hydrogens (tertiary/aromatic N) is 1. The van der Waals surface area contributed by atoms with Gasteiger partial charge >= 0.3 is 0 Å². The number of nitrogens with one attached hydrogen (secondary N) is 4. The summed E-state index contributed by atoms with van der Waals surface area (Å²) in [6.07, 6.45) is 7.55. The van der Waals surface area contributed by atoms with Crippen molar-refractivity contribution in [2.75, 3.05) is 106 Å². The van der Waals surface area contributed by atoms with Crippen LogP contribution < -0.4 is 26.0 Å². The predicted molar refractivity (Wildman–Crippen MR) is 447 cm³/mol. The summed E-state index contributed by atoms with van der Waals surface area (Å²) in [5, 5.41) is 112. The van der Waals surface area contributed by atoms with Crippen LogP contribution in [0.3, 0.4) is 0 Å². The smallest absolute Gasteiger partial charge is 0.292 e. The molecule has 4 aliphatic rings. The van der Waals surface area contributed by atoms with Crippen molar-refractivity contribution in [2.45, 2.75) is 343 Å². The quantitative estimate of drug-likeness (QED) is 0.0228. The summed E-state index contributed by atoms with van der Waals surface area (Å²) in [5.74, 6) is 0.717. The van der Waals surface area contributed by atoms with Crippen molar-refractivity contribution in [3.05, 3.63) is 22.3 Å². The number of ether oxygens (including phenoxy) is 10. The molecule has 31 heteroatoms. The molecule has 688 valence electrons. The second-order valence-corrected chi connectivity index (χ2v) is 33.3. The highest BCUT2D eigenvalue weighted by Crippen LogP contribution is 2.45. The predicted octanol–water partition coefficient (Wildman–Crippen LogP) is 7.09. The fraction of sp³-hybridized carbons (Fsp3) is 0.862. The summed E-state index contributed by atoms with van der Waals surface area (Å²) in [6.45, 7) is 26.3. The number of aromatic hydroxyl groups is 1. The minimum atomic E-state index is -1.25. The standard InChI is InChI=1S/C55H101N5O22.C29H50O2.C2H4O2.CH4/c1-5-6-25-75-30-31-76-29-19-45(67)59-38(15-7-11-20-56-42(64)16-8-12-26-77-53-35(2)46(68)49(71)39(32-61)80-53)52(74)60(23-21-57-43(65)17-9-13-27-78-54-36(3)47(69)50(72)40(33-62)81-54)24-22-58-44(66)18-10-14-28-79-55-37(4)48(70)51(73)41(34-63)82-55;1-20(2)12-9-13-21(3)14-10-15-22(4)16-11-18-29(8)19-17-26-25(7)27(30)23(5)24(6)28(26)31-29;1-4-2-3;/h35-41,46-51,53-55,61-63,68-73H,5-34H2,1-4H3,(H,56,64)(H,57,65)(H,58,66)(H,59,67);20-22,30H,9-19H2,1-8H3;2H,1H3;1H4/t;21-,22-,29-;;/m.1../s1. The lowest BCUT2D eigenvalue weighted by molar-refractivity contribution is -0.282. The van der Waals surface area contributed by atoms with Crippen molar-refractivity contribution < 1.29 is 127 Å². The monoisotopic (exact) mass is 1690 g/mol. The maximum Gasteiger partial charge on any atom is 0.292 e. The number of amides is 5. The van der Waals surface area contributed by atoms with Crippen molar-refractivity contribution in [1.29, 1.82) is 0 Å². The van der Waals surface area contributed by atoms with Crippen LogP contribution in [0.1, 0.15) is 253 Å². The van der Waals surface area contributed by atoms with E-state index in [2.05, 4.69) is 74.5 Å². The Morgan fingerprint density at radius 3 is 1.36 bits per heavy atom. The Morgan fingerprint density at radius 2 is 0.941 bits per heavy atom. The molecule has 14 N–H and O–H groups in total. The molecule has 1 aromatic rings. The van der Waals surface area contributed by atoms with Crippen LogP contribution in [0, 0.1) is 56.3 Å². The third-order valence-corrected chi connectivity index (χ3v) is 22.8. The fourth-order valence-corrected chi connectivity index (χ4v) is 14.7. The molecule has 0 saturated carbocycles. The van der Waals surface area contributed by atoms with Gasteiger partial charge in [0, 0.05) is 108 Å². The molecule has 0 bridgehead atoms. The maximum absolute atomic E-state index is 14.5. The third kappa shape index (κ3) is 40.5. The number of hydrogen-bond donors (Lipinski definition) is 14. The van der Waals surface area contributed by atoms with E-state index in [0.717, 1.165) is 72.3 Å². The van der Waals surface area contributed by atoms with Crippen LogP contribution in [-0.4, -0.2) is 283 Å². The van der Waals surface area contributed by atoms with Gasteiger partial charge in [-0.2, -0.15) is 0 Å². The van der Waals surface area contributed by atoms with Gasteiger partial charge in [-0.3, -0.25) is 28.8 Å². The van der Waals surface area contributed by atoms with Gasteiger partial charge in [0.25, 0.3) is 6.47 Å². The molecule has 0 radical (unpaired) electrons. The molecule has 16 unspecified atom stereocenters. The van der Waals surface area contributed by atoms with Crippen LogP contribution in [-0.2, 0) is 77.8 Å². The lowest BCUT2D eigenvalue weighted by Gasteiger charge is -2.40. The molecule has 19 atom stereocenters. The van der Waals surface area contributed by atoms with E-state index in [1.165, 1.54) is 68.9 Å². The number of carbonyl (C=O) groups excluding carboxylic acids is 6. The Hall–Kier alpha value is -5.04. The molecule has 118 heavy (non-hydrogen) atoms. The molecule has 3 saturated heterocycles. The topological polar surface area (TPSA) is 448 Å². The van der Waals surface area contributed by atoms with Gasteiger partial charge in [-0.15, -0.1) is 0 Å². The zero-order valence-corrected chi connectivity index (χ0v) is 73.0. The molecule has 5 rings (SSSR count). The Bertz CT molecular complexity index is 2840. The molecule has 4 heterocycles. The normalized spacial score (nSPS) is 25.5. The van der Waals surface area contributed by atoms with Crippen molar-refractivity contribution in [1.82, 2.24) is 26.2 Å². The molecule has 31 nitrogen and oxygen atoms in total. The highest BCUT2D eigenvalue weighted by atomic mass is 16.7. The summed E-state index contributed by atoms with van der Waals surface area (Å²) < 4.78 is 55.7. The number of unbranched alkanes of at least 4 members (excludes halogenated alkanes) is 5. The van der Waals surface area contributed by atoms with Crippen LogP contribution in [0.4, 0.5) is 0 Å². The molecule has 0 aromatic heterocycles. The first-order valence-electron chi connectivity index (χ1n) is 43.6. The average Bonchev–Trinajstić information content (AvgIpc) is 0.762. The average molecular weight is 1690 g/mol. The molecular formula is C87H159N5O26. The summed E-state index contributed by atoms with van der Waals surface area (Å²) in [6, 6.07) is -1.01. The van der Waals surface area contributed by atoms with E-state index in [1.807, 2.05) is 13.8 Å². The van der Waals surface area contributed by atoms with Crippen molar-refractivity contribution in [3.8, 4) is 11.5 Å². The third-order valence-electron chi connectivity index (χ3n) is 22.8. The van der Waals surface area contributed by atoms with E-state index >= 15 is 0 Å². The molecule has 5 amide bonds. The number of fused-ring (bicyclic) bond motifs is 1. The molecule has 3 fully saturated rings. The van der Waals surface area contributed by atoms with E-state index in [1.54, 1.807) is 20.8 Å². The number of phenols is 1. The van der Waals surface area contributed by atoms with Crippen LogP contribution in [0.25, 0.3) is 0 Å². The first-order valence-corrected chi connectivity index (χ1v) is 43.6. The van der Waals surface area contributed by atoms with E-state index in [9.17, 15) is 75.0 Å². The van der Waals surface area contributed by atoms with Gasteiger partial charge in [-0.25, -0.2) is 0 Å². The van der Waals surface area contributed by atoms with Crippen LogP contribution in [0.2, 0.25) is 0 Å². The Labute approximate surface area is 704 Å². The summed E-state index contributed by atoms with van der Waals surface area (Å²) in [4.78, 5) is 77.0. The first kappa shape index (κ1) is 109. The second-order valence-electron chi connectivity index (χ2n) is 33.3. The largest absolute Gasteiger partial charge is 0.507 e. The van der Waals surface area contributed by atoms with Gasteiger partial charge in [-0.05, 0) is 152 Å². The van der Waals surface area contributed by atoms with Crippen molar-refractivity contribution >= 4 is 36.0 Å². The summed E-state index contributed by atoms with van der Waals surface area (Å²) >= 11 is 0. The van der Waals surface area contributed by atoms with Gasteiger partial charge in [0.1, 0.15) is 59.8 Å². The van der Waals surface area contributed by atoms with E-state index < -0.39 is 129 Å². The zero-order chi connectivity index (χ0) is 87.0. The lowest BCUT2D eigenvalue weighted by Crippen LogP contribution is -2.55. The minimum Gasteiger partial charge on any atom is -0.507 e. The Balaban J connectivity index is 0.00000108. The highest BCUT2D eigenvalue weighted by Gasteiger charge is 2.45.